The maximum atomic E-state index is 12.0. The highest BCUT2D eigenvalue weighted by atomic mass is 32.1. The maximum Gasteiger partial charge on any atom is 0.346 e. The number of thiophene rings is 1. The van der Waals surface area contributed by atoms with Gasteiger partial charge in [-0.05, 0) is 30.2 Å². The summed E-state index contributed by atoms with van der Waals surface area (Å²) >= 11 is 1.25. The van der Waals surface area contributed by atoms with Gasteiger partial charge in [-0.15, -0.1) is 11.3 Å². The molecule has 1 amide bonds. The SMILES string of the molecule is O=C(CC1C=CCC1)NCc1c(C(=O)O)sc2ccccc12. The van der Waals surface area contributed by atoms with Gasteiger partial charge in [-0.1, -0.05) is 30.4 Å². The van der Waals surface area contributed by atoms with Gasteiger partial charge in [0.2, 0.25) is 5.91 Å². The molecule has 1 atom stereocenters. The van der Waals surface area contributed by atoms with Gasteiger partial charge in [0.1, 0.15) is 4.88 Å². The molecule has 0 radical (unpaired) electrons. The van der Waals surface area contributed by atoms with E-state index < -0.39 is 5.97 Å². The first-order chi connectivity index (χ1) is 10.6. The van der Waals surface area contributed by atoms with Crippen LogP contribution in [0.5, 0.6) is 0 Å². The summed E-state index contributed by atoms with van der Waals surface area (Å²) in [6.07, 6.45) is 6.72. The molecule has 1 aromatic carbocycles. The fraction of sp³-hybridized carbons (Fsp3) is 0.294. The van der Waals surface area contributed by atoms with E-state index in [1.165, 1.54) is 11.3 Å². The van der Waals surface area contributed by atoms with Crippen LogP contribution < -0.4 is 5.32 Å². The Bertz CT molecular complexity index is 747. The average Bonchev–Trinajstić information content (AvgIpc) is 3.12. The normalized spacial score (nSPS) is 17.0. The smallest absolute Gasteiger partial charge is 0.346 e. The average molecular weight is 315 g/mol. The molecule has 2 aromatic rings. The highest BCUT2D eigenvalue weighted by Crippen LogP contribution is 2.31. The van der Waals surface area contributed by atoms with E-state index >= 15 is 0 Å². The Morgan fingerprint density at radius 2 is 2.14 bits per heavy atom. The molecule has 0 fully saturated rings. The lowest BCUT2D eigenvalue weighted by atomic mass is 10.0. The van der Waals surface area contributed by atoms with Crippen LogP contribution in [0.4, 0.5) is 0 Å². The molecular weight excluding hydrogens is 298 g/mol. The van der Waals surface area contributed by atoms with Crippen molar-refractivity contribution in [3.05, 3.63) is 46.9 Å². The van der Waals surface area contributed by atoms with Gasteiger partial charge >= 0.3 is 5.97 Å². The van der Waals surface area contributed by atoms with Crippen molar-refractivity contribution in [2.75, 3.05) is 0 Å². The van der Waals surface area contributed by atoms with Gasteiger partial charge in [0.25, 0.3) is 0 Å². The van der Waals surface area contributed by atoms with Crippen LogP contribution in [0, 0.1) is 5.92 Å². The van der Waals surface area contributed by atoms with Crippen LogP contribution in [0.3, 0.4) is 0 Å². The zero-order valence-corrected chi connectivity index (χ0v) is 12.9. The highest BCUT2D eigenvalue weighted by Gasteiger charge is 2.19. The fourth-order valence-corrected chi connectivity index (χ4v) is 3.87. The van der Waals surface area contributed by atoms with Gasteiger partial charge < -0.3 is 10.4 Å². The van der Waals surface area contributed by atoms with Crippen molar-refractivity contribution in [1.29, 1.82) is 0 Å². The molecule has 0 saturated carbocycles. The van der Waals surface area contributed by atoms with Crippen molar-refractivity contribution in [2.24, 2.45) is 5.92 Å². The summed E-state index contributed by atoms with van der Waals surface area (Å²) < 4.78 is 0.933. The van der Waals surface area contributed by atoms with Gasteiger partial charge in [0.05, 0.1) is 0 Å². The van der Waals surface area contributed by atoms with Crippen molar-refractivity contribution in [3.63, 3.8) is 0 Å². The van der Waals surface area contributed by atoms with Crippen LogP contribution in [0.15, 0.2) is 36.4 Å². The lowest BCUT2D eigenvalue weighted by Crippen LogP contribution is -2.25. The van der Waals surface area contributed by atoms with Gasteiger partial charge in [0, 0.05) is 23.2 Å². The molecule has 0 spiro atoms. The first-order valence-electron chi connectivity index (χ1n) is 7.32. The second kappa shape index (κ2) is 6.32. The highest BCUT2D eigenvalue weighted by molar-refractivity contribution is 7.21. The Balaban J connectivity index is 1.75. The standard InChI is InChI=1S/C17H17NO3S/c19-15(9-11-5-1-2-6-11)18-10-13-12-7-3-4-8-14(12)22-16(13)17(20)21/h1,3-5,7-8,11H,2,6,9-10H2,(H,18,19)(H,20,21). The number of carboxylic acids is 1. The third kappa shape index (κ3) is 3.04. The summed E-state index contributed by atoms with van der Waals surface area (Å²) in [4.78, 5) is 23.7. The molecule has 1 aliphatic rings. The number of carbonyl (C=O) groups excluding carboxylic acids is 1. The Hall–Kier alpha value is -2.14. The monoisotopic (exact) mass is 315 g/mol. The van der Waals surface area contributed by atoms with Crippen LogP contribution in [0.1, 0.15) is 34.5 Å². The zero-order chi connectivity index (χ0) is 15.5. The lowest BCUT2D eigenvalue weighted by molar-refractivity contribution is -0.121. The zero-order valence-electron chi connectivity index (χ0n) is 12.0. The number of hydrogen-bond donors (Lipinski definition) is 2. The largest absolute Gasteiger partial charge is 0.477 e. The Morgan fingerprint density at radius 1 is 1.32 bits per heavy atom. The number of benzene rings is 1. The third-order valence-corrected chi connectivity index (χ3v) is 5.12. The number of nitrogens with one attached hydrogen (secondary N) is 1. The van der Waals surface area contributed by atoms with E-state index in [0.717, 1.165) is 22.9 Å². The number of hydrogen-bond acceptors (Lipinski definition) is 3. The summed E-state index contributed by atoms with van der Waals surface area (Å²) in [7, 11) is 0. The van der Waals surface area contributed by atoms with Crippen LogP contribution in [0.2, 0.25) is 0 Å². The van der Waals surface area contributed by atoms with E-state index in [0.29, 0.717) is 22.8 Å². The number of amides is 1. The van der Waals surface area contributed by atoms with Gasteiger partial charge in [-0.3, -0.25) is 4.79 Å². The molecule has 3 rings (SSSR count). The van der Waals surface area contributed by atoms with Crippen molar-refractivity contribution >= 4 is 33.3 Å². The molecule has 114 valence electrons. The second-order valence-electron chi connectivity index (χ2n) is 5.46. The van der Waals surface area contributed by atoms with Crippen LogP contribution in [-0.4, -0.2) is 17.0 Å². The van der Waals surface area contributed by atoms with Crippen LogP contribution >= 0.6 is 11.3 Å². The molecule has 5 heteroatoms. The van der Waals surface area contributed by atoms with Gasteiger partial charge in [-0.25, -0.2) is 4.79 Å². The predicted octanol–water partition coefficient (Wildman–Crippen LogP) is 3.57. The molecule has 0 bridgehead atoms. The minimum absolute atomic E-state index is 0.0248. The number of carboxylic acid groups (broad SMARTS) is 1. The minimum atomic E-state index is -0.941. The Kier molecular flexibility index (Phi) is 4.24. The molecule has 0 aliphatic heterocycles. The molecule has 1 aromatic heterocycles. The third-order valence-electron chi connectivity index (χ3n) is 3.91. The van der Waals surface area contributed by atoms with Gasteiger partial charge in [-0.2, -0.15) is 0 Å². The Labute approximate surface area is 132 Å². The van der Waals surface area contributed by atoms with Crippen molar-refractivity contribution < 1.29 is 14.7 Å². The molecule has 0 saturated heterocycles. The molecular formula is C17H17NO3S. The summed E-state index contributed by atoms with van der Waals surface area (Å²) in [5.74, 6) is -0.648. The van der Waals surface area contributed by atoms with E-state index in [-0.39, 0.29) is 12.5 Å². The number of aromatic carboxylic acids is 1. The number of carbonyl (C=O) groups is 2. The maximum absolute atomic E-state index is 12.0. The quantitative estimate of drug-likeness (QED) is 0.829. The fourth-order valence-electron chi connectivity index (χ4n) is 2.81. The second-order valence-corrected chi connectivity index (χ2v) is 6.51. The summed E-state index contributed by atoms with van der Waals surface area (Å²) in [5.41, 5.74) is 0.698. The van der Waals surface area contributed by atoms with E-state index in [1.54, 1.807) is 0 Å². The molecule has 1 heterocycles. The topological polar surface area (TPSA) is 66.4 Å². The summed E-state index contributed by atoms with van der Waals surface area (Å²) in [5, 5.41) is 13.1. The molecule has 2 N–H and O–H groups in total. The number of fused-ring (bicyclic) bond motifs is 1. The Morgan fingerprint density at radius 3 is 2.86 bits per heavy atom. The lowest BCUT2D eigenvalue weighted by Gasteiger charge is -2.09. The van der Waals surface area contributed by atoms with E-state index in [9.17, 15) is 14.7 Å². The number of allylic oxidation sites excluding steroid dienone is 2. The van der Waals surface area contributed by atoms with Crippen molar-refractivity contribution in [3.8, 4) is 0 Å². The van der Waals surface area contributed by atoms with Crippen molar-refractivity contribution in [2.45, 2.75) is 25.8 Å². The van der Waals surface area contributed by atoms with Crippen LogP contribution in [-0.2, 0) is 11.3 Å². The molecule has 1 aliphatic carbocycles. The first-order valence-corrected chi connectivity index (χ1v) is 8.14. The summed E-state index contributed by atoms with van der Waals surface area (Å²) in [6, 6.07) is 7.58. The van der Waals surface area contributed by atoms with Gasteiger partial charge in [0.15, 0.2) is 0 Å². The number of rotatable bonds is 5. The van der Waals surface area contributed by atoms with Crippen molar-refractivity contribution in [1.82, 2.24) is 5.32 Å². The van der Waals surface area contributed by atoms with E-state index in [4.69, 9.17) is 0 Å². The summed E-state index contributed by atoms with van der Waals surface area (Å²) in [6.45, 7) is 0.265. The van der Waals surface area contributed by atoms with E-state index in [2.05, 4.69) is 17.5 Å². The first kappa shape index (κ1) is 14.8. The minimum Gasteiger partial charge on any atom is -0.477 e. The van der Waals surface area contributed by atoms with Crippen LogP contribution in [0.25, 0.3) is 10.1 Å². The molecule has 22 heavy (non-hydrogen) atoms. The predicted molar refractivity (Wildman–Crippen MR) is 87.1 cm³/mol. The molecule has 4 nitrogen and oxygen atoms in total. The molecule has 1 unspecified atom stereocenters. The van der Waals surface area contributed by atoms with E-state index in [1.807, 2.05) is 24.3 Å².